The van der Waals surface area contributed by atoms with Crippen molar-refractivity contribution in [1.29, 1.82) is 0 Å². The molecule has 0 spiro atoms. The predicted molar refractivity (Wildman–Crippen MR) is 90.9 cm³/mol. The number of anilines is 1. The fourth-order valence-corrected chi connectivity index (χ4v) is 4.54. The molecule has 1 fully saturated rings. The summed E-state index contributed by atoms with van der Waals surface area (Å²) >= 11 is 4.01. The van der Waals surface area contributed by atoms with Crippen molar-refractivity contribution in [2.45, 2.75) is 19.4 Å². The Morgan fingerprint density at radius 2 is 2.05 bits per heavy atom. The second-order valence-electron chi connectivity index (χ2n) is 4.97. The lowest BCUT2D eigenvalue weighted by atomic mass is 10.2. The van der Waals surface area contributed by atoms with Gasteiger partial charge in [-0.3, -0.25) is 4.79 Å². The van der Waals surface area contributed by atoms with Crippen molar-refractivity contribution >= 4 is 35.1 Å². The summed E-state index contributed by atoms with van der Waals surface area (Å²) in [4.78, 5) is 11.9. The zero-order chi connectivity index (χ0) is 14.2. The molecular formula is C15H22N2OS2. The van der Waals surface area contributed by atoms with Gasteiger partial charge < -0.3 is 10.6 Å². The van der Waals surface area contributed by atoms with Crippen LogP contribution in [0.2, 0.25) is 0 Å². The maximum absolute atomic E-state index is 11.9. The van der Waals surface area contributed by atoms with Crippen LogP contribution in [0, 0.1) is 6.92 Å². The Morgan fingerprint density at radius 3 is 2.75 bits per heavy atom. The van der Waals surface area contributed by atoms with Crippen molar-refractivity contribution in [1.82, 2.24) is 5.32 Å². The molecule has 0 aliphatic carbocycles. The van der Waals surface area contributed by atoms with Gasteiger partial charge in [-0.15, -0.1) is 0 Å². The Labute approximate surface area is 129 Å². The van der Waals surface area contributed by atoms with Gasteiger partial charge in [0.15, 0.2) is 0 Å². The fourth-order valence-electron chi connectivity index (χ4n) is 2.07. The molecule has 3 nitrogen and oxygen atoms in total. The van der Waals surface area contributed by atoms with E-state index in [9.17, 15) is 4.79 Å². The first-order valence-electron chi connectivity index (χ1n) is 6.99. The summed E-state index contributed by atoms with van der Waals surface area (Å²) in [7, 11) is 0. The van der Waals surface area contributed by atoms with E-state index in [1.807, 2.05) is 54.7 Å². The molecule has 0 atom stereocenters. The third kappa shape index (κ3) is 5.77. The van der Waals surface area contributed by atoms with E-state index in [-0.39, 0.29) is 5.91 Å². The highest BCUT2D eigenvalue weighted by molar-refractivity contribution is 8.03. The molecule has 1 aromatic carbocycles. The molecule has 5 heteroatoms. The van der Waals surface area contributed by atoms with Gasteiger partial charge in [0.25, 0.3) is 0 Å². The number of thioether (sulfide) groups is 2. The number of carbonyl (C=O) groups excluding carboxylic acids is 1. The number of rotatable bonds is 5. The second kappa shape index (κ2) is 8.60. The van der Waals surface area contributed by atoms with Crippen LogP contribution >= 0.6 is 23.5 Å². The van der Waals surface area contributed by atoms with E-state index < -0.39 is 0 Å². The summed E-state index contributed by atoms with van der Waals surface area (Å²) in [6.07, 6.45) is 0.528. The summed E-state index contributed by atoms with van der Waals surface area (Å²) in [5.41, 5.74) is 2.05. The molecule has 20 heavy (non-hydrogen) atoms. The molecule has 1 aliphatic rings. The van der Waals surface area contributed by atoms with Crippen molar-refractivity contribution in [3.8, 4) is 0 Å². The lowest BCUT2D eigenvalue weighted by molar-refractivity contribution is -0.116. The molecule has 0 unspecified atom stereocenters. The minimum Gasteiger partial charge on any atom is -0.326 e. The minimum absolute atomic E-state index is 0.0806. The molecule has 0 bridgehead atoms. The van der Waals surface area contributed by atoms with E-state index in [1.165, 1.54) is 11.5 Å². The topological polar surface area (TPSA) is 41.1 Å². The number of hydrogen-bond acceptors (Lipinski definition) is 4. The number of aryl methyl sites for hydroxylation is 1. The van der Waals surface area contributed by atoms with Gasteiger partial charge in [-0.1, -0.05) is 12.1 Å². The Morgan fingerprint density at radius 1 is 1.30 bits per heavy atom. The molecule has 1 amide bonds. The summed E-state index contributed by atoms with van der Waals surface area (Å²) in [5.74, 6) is 4.89. The molecule has 0 aromatic heterocycles. The van der Waals surface area contributed by atoms with Crippen LogP contribution in [0.3, 0.4) is 0 Å². The average molecular weight is 310 g/mol. The highest BCUT2D eigenvalue weighted by atomic mass is 32.2. The van der Waals surface area contributed by atoms with Crippen LogP contribution in [0.15, 0.2) is 24.3 Å². The maximum atomic E-state index is 11.9. The highest BCUT2D eigenvalue weighted by Gasteiger charge is 2.12. The number of hydrogen-bond donors (Lipinski definition) is 2. The third-order valence-corrected chi connectivity index (χ3v) is 5.62. The summed E-state index contributed by atoms with van der Waals surface area (Å²) < 4.78 is 0. The van der Waals surface area contributed by atoms with Crippen LogP contribution in [0.5, 0.6) is 0 Å². The Balaban J connectivity index is 1.67. The van der Waals surface area contributed by atoms with Crippen LogP contribution in [-0.4, -0.2) is 41.5 Å². The zero-order valence-corrected chi connectivity index (χ0v) is 13.5. The molecule has 1 saturated heterocycles. The van der Waals surface area contributed by atoms with Gasteiger partial charge in [-0.05, 0) is 24.6 Å². The molecule has 1 aliphatic heterocycles. The monoisotopic (exact) mass is 310 g/mol. The Kier molecular flexibility index (Phi) is 6.76. The highest BCUT2D eigenvalue weighted by Crippen LogP contribution is 2.16. The fraction of sp³-hybridized carbons (Fsp3) is 0.533. The first-order valence-corrected chi connectivity index (χ1v) is 9.30. The van der Waals surface area contributed by atoms with Crippen molar-refractivity contribution < 1.29 is 4.79 Å². The SMILES string of the molecule is Cc1cccc(NC(=O)CCNC2CSCCSC2)c1. The lowest BCUT2D eigenvalue weighted by Crippen LogP contribution is -2.35. The summed E-state index contributed by atoms with van der Waals surface area (Å²) in [6, 6.07) is 8.45. The minimum atomic E-state index is 0.0806. The predicted octanol–water partition coefficient (Wildman–Crippen LogP) is 2.76. The normalized spacial score (nSPS) is 16.6. The quantitative estimate of drug-likeness (QED) is 0.877. The van der Waals surface area contributed by atoms with Gasteiger partial charge in [-0.2, -0.15) is 23.5 Å². The Bertz CT molecular complexity index is 432. The van der Waals surface area contributed by atoms with Gasteiger partial charge in [0.1, 0.15) is 0 Å². The Hall–Kier alpha value is -0.650. The van der Waals surface area contributed by atoms with Crippen LogP contribution in [0.4, 0.5) is 5.69 Å². The van der Waals surface area contributed by atoms with Gasteiger partial charge >= 0.3 is 0 Å². The van der Waals surface area contributed by atoms with Crippen LogP contribution in [0.25, 0.3) is 0 Å². The van der Waals surface area contributed by atoms with Crippen molar-refractivity contribution in [3.05, 3.63) is 29.8 Å². The molecule has 2 N–H and O–H groups in total. The first kappa shape index (κ1) is 15.7. The summed E-state index contributed by atoms with van der Waals surface area (Å²) in [5, 5.41) is 6.43. The molecule has 2 rings (SSSR count). The van der Waals surface area contributed by atoms with E-state index in [4.69, 9.17) is 0 Å². The summed E-state index contributed by atoms with van der Waals surface area (Å²) in [6.45, 7) is 2.78. The van der Waals surface area contributed by atoms with E-state index in [0.29, 0.717) is 12.5 Å². The average Bonchev–Trinajstić information content (AvgIpc) is 2.67. The standard InChI is InChI=1S/C15H22N2OS2/c1-12-3-2-4-13(9-12)17-15(18)5-6-16-14-10-19-7-8-20-11-14/h2-4,9,14,16H,5-8,10-11H2,1H3,(H,17,18). The van der Waals surface area contributed by atoms with Crippen LogP contribution in [0.1, 0.15) is 12.0 Å². The first-order chi connectivity index (χ1) is 9.74. The van der Waals surface area contributed by atoms with E-state index >= 15 is 0 Å². The van der Waals surface area contributed by atoms with Gasteiger partial charge in [0.2, 0.25) is 5.91 Å². The van der Waals surface area contributed by atoms with Crippen LogP contribution < -0.4 is 10.6 Å². The number of carbonyl (C=O) groups is 1. The molecule has 110 valence electrons. The van der Waals surface area contributed by atoms with Gasteiger partial charge in [-0.25, -0.2) is 0 Å². The van der Waals surface area contributed by atoms with Gasteiger partial charge in [0.05, 0.1) is 0 Å². The zero-order valence-electron chi connectivity index (χ0n) is 11.9. The molecule has 0 saturated carbocycles. The smallest absolute Gasteiger partial charge is 0.225 e. The third-order valence-electron chi connectivity index (χ3n) is 3.10. The largest absolute Gasteiger partial charge is 0.326 e. The van der Waals surface area contributed by atoms with Crippen LogP contribution in [-0.2, 0) is 4.79 Å². The van der Waals surface area contributed by atoms with Gasteiger partial charge in [0, 0.05) is 47.7 Å². The van der Waals surface area contributed by atoms with Crippen molar-refractivity contribution in [2.24, 2.45) is 0 Å². The maximum Gasteiger partial charge on any atom is 0.225 e. The number of nitrogens with one attached hydrogen (secondary N) is 2. The van der Waals surface area contributed by atoms with E-state index in [2.05, 4.69) is 10.6 Å². The van der Waals surface area contributed by atoms with Crippen molar-refractivity contribution in [3.63, 3.8) is 0 Å². The number of benzene rings is 1. The second-order valence-corrected chi connectivity index (χ2v) is 7.27. The van der Waals surface area contributed by atoms with E-state index in [0.717, 1.165) is 29.3 Å². The van der Waals surface area contributed by atoms with E-state index in [1.54, 1.807) is 0 Å². The molecule has 1 heterocycles. The molecule has 0 radical (unpaired) electrons. The molecular weight excluding hydrogens is 288 g/mol. The lowest BCUT2D eigenvalue weighted by Gasteiger charge is -2.15. The van der Waals surface area contributed by atoms with Crippen molar-refractivity contribution in [2.75, 3.05) is 34.9 Å². The molecule has 1 aromatic rings. The number of amides is 1.